The van der Waals surface area contributed by atoms with Gasteiger partial charge in [0.2, 0.25) is 5.91 Å². The molecule has 0 radical (unpaired) electrons. The number of nitrogens with one attached hydrogen (secondary N) is 1. The third-order valence-corrected chi connectivity index (χ3v) is 3.96. The fourth-order valence-electron chi connectivity index (χ4n) is 1.95. The Balaban J connectivity index is 2.63. The molecule has 0 saturated carbocycles. The van der Waals surface area contributed by atoms with Crippen LogP contribution in [0.4, 0.5) is 0 Å². The number of hydrogen-bond donors (Lipinski definition) is 1. The fraction of sp³-hybridized carbons (Fsp3) is 0.909. The monoisotopic (exact) mass is 230 g/mol. The lowest BCUT2D eigenvalue weighted by Gasteiger charge is -2.25. The molecule has 1 fully saturated rings. The van der Waals surface area contributed by atoms with Gasteiger partial charge in [-0.05, 0) is 19.1 Å². The lowest BCUT2D eigenvalue weighted by molar-refractivity contribution is -0.130. The Morgan fingerprint density at radius 1 is 1.47 bits per heavy atom. The van der Waals surface area contributed by atoms with E-state index in [0.717, 1.165) is 19.4 Å². The van der Waals surface area contributed by atoms with E-state index in [-0.39, 0.29) is 18.1 Å². The average Bonchev–Trinajstić information content (AvgIpc) is 2.55. The molecule has 1 N–H and O–H groups in total. The third kappa shape index (κ3) is 2.88. The largest absolute Gasteiger partial charge is 0.325 e. The number of amides is 1. The maximum Gasteiger partial charge on any atom is 0.241 e. The molecule has 4 heteroatoms. The van der Waals surface area contributed by atoms with E-state index in [0.29, 0.717) is 5.25 Å². The van der Waals surface area contributed by atoms with Crippen LogP contribution in [0.15, 0.2) is 0 Å². The van der Waals surface area contributed by atoms with Crippen LogP contribution >= 0.6 is 11.8 Å². The van der Waals surface area contributed by atoms with Gasteiger partial charge in [0.15, 0.2) is 0 Å². The number of rotatable bonds is 5. The van der Waals surface area contributed by atoms with Gasteiger partial charge in [0.05, 0.1) is 12.2 Å². The third-order valence-electron chi connectivity index (χ3n) is 3.00. The van der Waals surface area contributed by atoms with Gasteiger partial charge >= 0.3 is 0 Å². The van der Waals surface area contributed by atoms with Crippen LogP contribution in [0.1, 0.15) is 33.6 Å². The zero-order valence-electron chi connectivity index (χ0n) is 10.1. The summed E-state index contributed by atoms with van der Waals surface area (Å²) < 4.78 is 0. The van der Waals surface area contributed by atoms with E-state index in [1.54, 1.807) is 0 Å². The molecule has 15 heavy (non-hydrogen) atoms. The molecule has 1 amide bonds. The molecule has 0 aliphatic carbocycles. The molecule has 1 aliphatic heterocycles. The van der Waals surface area contributed by atoms with Gasteiger partial charge in [-0.1, -0.05) is 20.8 Å². The van der Waals surface area contributed by atoms with Gasteiger partial charge in [-0.2, -0.15) is 11.8 Å². The molecular weight excluding hydrogens is 208 g/mol. The Kier molecular flexibility index (Phi) is 4.93. The molecule has 1 heterocycles. The van der Waals surface area contributed by atoms with E-state index in [2.05, 4.69) is 32.3 Å². The summed E-state index contributed by atoms with van der Waals surface area (Å²) >= 11 is 1.81. The molecule has 0 bridgehead atoms. The van der Waals surface area contributed by atoms with Gasteiger partial charge in [0.1, 0.15) is 0 Å². The van der Waals surface area contributed by atoms with E-state index in [4.69, 9.17) is 0 Å². The van der Waals surface area contributed by atoms with Crippen LogP contribution in [0.2, 0.25) is 0 Å². The summed E-state index contributed by atoms with van der Waals surface area (Å²) in [6.07, 6.45) is 4.22. The molecule has 3 atom stereocenters. The molecule has 3 unspecified atom stereocenters. The van der Waals surface area contributed by atoms with Gasteiger partial charge in [-0.3, -0.25) is 10.1 Å². The lowest BCUT2D eigenvalue weighted by Crippen LogP contribution is -2.40. The van der Waals surface area contributed by atoms with Crippen LogP contribution in [-0.4, -0.2) is 41.1 Å². The first-order chi connectivity index (χ1) is 7.13. The van der Waals surface area contributed by atoms with Crippen molar-refractivity contribution < 1.29 is 4.79 Å². The zero-order valence-corrected chi connectivity index (χ0v) is 10.9. The van der Waals surface area contributed by atoms with Gasteiger partial charge in [0, 0.05) is 11.8 Å². The summed E-state index contributed by atoms with van der Waals surface area (Å²) in [4.78, 5) is 14.0. The van der Waals surface area contributed by atoms with Crippen molar-refractivity contribution in [3.05, 3.63) is 0 Å². The second kappa shape index (κ2) is 5.75. The first kappa shape index (κ1) is 12.8. The Morgan fingerprint density at radius 3 is 2.60 bits per heavy atom. The van der Waals surface area contributed by atoms with E-state index >= 15 is 0 Å². The van der Waals surface area contributed by atoms with Crippen molar-refractivity contribution in [1.29, 1.82) is 0 Å². The SMILES string of the molecule is CCC1NC(CC)N(CC(C)SC)C1=O. The molecule has 0 spiro atoms. The normalized spacial score (nSPS) is 28.5. The highest BCUT2D eigenvalue weighted by Gasteiger charge is 2.36. The maximum absolute atomic E-state index is 12.0. The summed E-state index contributed by atoms with van der Waals surface area (Å²) in [6.45, 7) is 7.22. The Bertz CT molecular complexity index is 223. The van der Waals surface area contributed by atoms with E-state index < -0.39 is 0 Å². The molecule has 3 nitrogen and oxygen atoms in total. The minimum atomic E-state index is 0.0454. The molecule has 1 rings (SSSR count). The highest BCUT2D eigenvalue weighted by atomic mass is 32.2. The van der Waals surface area contributed by atoms with Crippen molar-refractivity contribution in [1.82, 2.24) is 10.2 Å². The van der Waals surface area contributed by atoms with Crippen LogP contribution in [0.3, 0.4) is 0 Å². The van der Waals surface area contributed by atoms with Crippen molar-refractivity contribution >= 4 is 17.7 Å². The summed E-state index contributed by atoms with van der Waals surface area (Å²) in [5, 5.41) is 3.90. The molecule has 0 aromatic heterocycles. The predicted molar refractivity (Wildman–Crippen MR) is 66.0 cm³/mol. The second-order valence-electron chi connectivity index (χ2n) is 4.09. The molecular formula is C11H22N2OS. The quantitative estimate of drug-likeness (QED) is 0.780. The molecule has 1 aliphatic rings. The number of thioether (sulfide) groups is 1. The second-order valence-corrected chi connectivity index (χ2v) is 5.36. The fourth-order valence-corrected chi connectivity index (χ4v) is 2.26. The van der Waals surface area contributed by atoms with Crippen molar-refractivity contribution in [3.8, 4) is 0 Å². The van der Waals surface area contributed by atoms with Crippen molar-refractivity contribution in [3.63, 3.8) is 0 Å². The Morgan fingerprint density at radius 2 is 2.13 bits per heavy atom. The van der Waals surface area contributed by atoms with Gasteiger partial charge in [-0.15, -0.1) is 0 Å². The van der Waals surface area contributed by atoms with Crippen LogP contribution in [0.25, 0.3) is 0 Å². The highest BCUT2D eigenvalue weighted by Crippen LogP contribution is 2.18. The van der Waals surface area contributed by atoms with E-state index in [1.165, 1.54) is 0 Å². The standard InChI is InChI=1S/C11H22N2OS/c1-5-9-11(14)13(7-8(3)15-4)10(6-2)12-9/h8-10,12H,5-7H2,1-4H3. The maximum atomic E-state index is 12.0. The number of hydrogen-bond acceptors (Lipinski definition) is 3. The lowest BCUT2D eigenvalue weighted by atomic mass is 10.2. The molecule has 1 saturated heterocycles. The minimum absolute atomic E-state index is 0.0454. The zero-order chi connectivity index (χ0) is 11.4. The van der Waals surface area contributed by atoms with Gasteiger partial charge < -0.3 is 4.90 Å². The molecule has 0 aromatic carbocycles. The molecule has 0 aromatic rings. The van der Waals surface area contributed by atoms with E-state index in [1.807, 2.05) is 16.7 Å². The Hall–Kier alpha value is -0.220. The Labute approximate surface area is 97.0 Å². The smallest absolute Gasteiger partial charge is 0.241 e. The first-order valence-electron chi connectivity index (χ1n) is 5.73. The minimum Gasteiger partial charge on any atom is -0.325 e. The van der Waals surface area contributed by atoms with Crippen molar-refractivity contribution in [2.75, 3.05) is 12.8 Å². The van der Waals surface area contributed by atoms with Crippen LogP contribution in [0, 0.1) is 0 Å². The predicted octanol–water partition coefficient (Wildman–Crippen LogP) is 1.68. The number of carbonyl (C=O) groups excluding carboxylic acids is 1. The molecule has 88 valence electrons. The van der Waals surface area contributed by atoms with Crippen LogP contribution in [-0.2, 0) is 4.79 Å². The van der Waals surface area contributed by atoms with Gasteiger partial charge in [-0.25, -0.2) is 0 Å². The first-order valence-corrected chi connectivity index (χ1v) is 7.02. The average molecular weight is 230 g/mol. The number of carbonyl (C=O) groups is 1. The van der Waals surface area contributed by atoms with Crippen LogP contribution in [0.5, 0.6) is 0 Å². The summed E-state index contributed by atoms with van der Waals surface area (Å²) in [5.74, 6) is 0.283. The highest BCUT2D eigenvalue weighted by molar-refractivity contribution is 7.99. The van der Waals surface area contributed by atoms with Crippen molar-refractivity contribution in [2.24, 2.45) is 0 Å². The number of nitrogens with zero attached hydrogens (tertiary/aromatic N) is 1. The summed E-state index contributed by atoms with van der Waals surface area (Å²) in [7, 11) is 0. The summed E-state index contributed by atoms with van der Waals surface area (Å²) in [6, 6.07) is 0.0454. The van der Waals surface area contributed by atoms with Crippen LogP contribution < -0.4 is 5.32 Å². The van der Waals surface area contributed by atoms with Crippen molar-refractivity contribution in [2.45, 2.75) is 51.1 Å². The van der Waals surface area contributed by atoms with Gasteiger partial charge in [0.25, 0.3) is 0 Å². The summed E-state index contributed by atoms with van der Waals surface area (Å²) in [5.41, 5.74) is 0. The van der Waals surface area contributed by atoms with E-state index in [9.17, 15) is 4.79 Å². The topological polar surface area (TPSA) is 32.3 Å².